The number of imidazole rings is 1. The van der Waals surface area contributed by atoms with Crippen molar-refractivity contribution in [2.75, 3.05) is 6.61 Å². The summed E-state index contributed by atoms with van der Waals surface area (Å²) >= 11 is 0. The molecule has 3 rings (SSSR count). The van der Waals surface area contributed by atoms with Gasteiger partial charge in [-0.15, -0.1) is 0 Å². The van der Waals surface area contributed by atoms with Crippen LogP contribution in [0.2, 0.25) is 0 Å². The first-order valence-corrected chi connectivity index (χ1v) is 9.21. The first kappa shape index (κ1) is 17.9. The molecule has 5 heteroatoms. The lowest BCUT2D eigenvalue weighted by molar-refractivity contribution is -0.0138. The number of carbonyl (C=O) groups is 1. The zero-order valence-corrected chi connectivity index (χ0v) is 15.6. The molecule has 0 bridgehead atoms. The van der Waals surface area contributed by atoms with Crippen molar-refractivity contribution in [2.24, 2.45) is 0 Å². The third-order valence-corrected chi connectivity index (χ3v) is 4.47. The van der Waals surface area contributed by atoms with Crippen molar-refractivity contribution in [3.63, 3.8) is 0 Å². The maximum absolute atomic E-state index is 12.8. The Morgan fingerprint density at radius 3 is 2.68 bits per heavy atom. The van der Waals surface area contributed by atoms with Gasteiger partial charge in [0.15, 0.2) is 0 Å². The number of para-hydroxylation sites is 2. The van der Waals surface area contributed by atoms with Crippen LogP contribution in [0.3, 0.4) is 0 Å². The fourth-order valence-corrected chi connectivity index (χ4v) is 3.12. The van der Waals surface area contributed by atoms with E-state index in [9.17, 15) is 4.79 Å². The Morgan fingerprint density at radius 1 is 1.28 bits per heavy atom. The van der Waals surface area contributed by atoms with Gasteiger partial charge in [0.05, 0.1) is 17.1 Å². The fraction of sp³-hybridized carbons (Fsp3) is 0.600. The van der Waals surface area contributed by atoms with E-state index in [0.29, 0.717) is 0 Å². The molecule has 136 valence electrons. The molecule has 1 saturated carbocycles. The van der Waals surface area contributed by atoms with E-state index < -0.39 is 5.60 Å². The van der Waals surface area contributed by atoms with Crippen molar-refractivity contribution in [1.82, 2.24) is 9.55 Å². The number of aromatic nitrogens is 2. The number of unbranched alkanes of at least 4 members (excludes halogenated alkanes) is 1. The molecule has 2 aromatic rings. The van der Waals surface area contributed by atoms with Gasteiger partial charge in [-0.05, 0) is 52.2 Å². The highest BCUT2D eigenvalue weighted by Crippen LogP contribution is 2.39. The molecule has 0 amide bonds. The largest absolute Gasteiger partial charge is 0.443 e. The molecule has 1 aromatic carbocycles. The summed E-state index contributed by atoms with van der Waals surface area (Å²) in [5.74, 6) is 1.04. The molecule has 1 fully saturated rings. The predicted octanol–water partition coefficient (Wildman–Crippen LogP) is 4.88. The van der Waals surface area contributed by atoms with Crippen molar-refractivity contribution in [2.45, 2.75) is 71.0 Å². The van der Waals surface area contributed by atoms with Gasteiger partial charge >= 0.3 is 6.09 Å². The number of hydrogen-bond donors (Lipinski definition) is 0. The summed E-state index contributed by atoms with van der Waals surface area (Å²) in [7, 11) is 0. The first-order chi connectivity index (χ1) is 11.9. The van der Waals surface area contributed by atoms with Crippen LogP contribution in [0.4, 0.5) is 4.79 Å². The average molecular weight is 344 g/mol. The molecular weight excluding hydrogens is 316 g/mol. The number of carbonyl (C=O) groups excluding carboxylic acids is 1. The second-order valence-electron chi connectivity index (χ2n) is 7.79. The number of fused-ring (bicyclic) bond motifs is 1. The number of nitrogens with zero attached hydrogens (tertiary/aromatic N) is 2. The maximum atomic E-state index is 12.8. The van der Waals surface area contributed by atoms with Gasteiger partial charge < -0.3 is 9.47 Å². The summed E-state index contributed by atoms with van der Waals surface area (Å²) in [6.07, 6.45) is 3.99. The highest BCUT2D eigenvalue weighted by atomic mass is 16.6. The van der Waals surface area contributed by atoms with Crippen molar-refractivity contribution in [1.29, 1.82) is 0 Å². The van der Waals surface area contributed by atoms with Crippen LogP contribution >= 0.6 is 0 Å². The lowest BCUT2D eigenvalue weighted by atomic mass is 9.81. The van der Waals surface area contributed by atoms with E-state index in [4.69, 9.17) is 14.5 Å². The Labute approximate surface area is 149 Å². The normalized spacial score (nSPS) is 20.5. The number of hydrogen-bond acceptors (Lipinski definition) is 4. The average Bonchev–Trinajstić information content (AvgIpc) is 2.86. The molecule has 0 aliphatic heterocycles. The lowest BCUT2D eigenvalue weighted by Crippen LogP contribution is -2.34. The van der Waals surface area contributed by atoms with E-state index in [1.165, 1.54) is 0 Å². The second-order valence-corrected chi connectivity index (χ2v) is 7.79. The molecule has 0 saturated heterocycles. The molecule has 0 radical (unpaired) electrons. The van der Waals surface area contributed by atoms with Gasteiger partial charge in [-0.1, -0.05) is 25.5 Å². The lowest BCUT2D eigenvalue weighted by Gasteiger charge is -2.34. The molecule has 1 aromatic heterocycles. The van der Waals surface area contributed by atoms with E-state index >= 15 is 0 Å². The Balaban J connectivity index is 1.81. The van der Waals surface area contributed by atoms with Crippen LogP contribution in [0, 0.1) is 0 Å². The Hall–Kier alpha value is -1.88. The van der Waals surface area contributed by atoms with Crippen LogP contribution in [0.5, 0.6) is 0 Å². The van der Waals surface area contributed by atoms with Crippen molar-refractivity contribution >= 4 is 17.1 Å². The van der Waals surface area contributed by atoms with Crippen LogP contribution < -0.4 is 0 Å². The van der Waals surface area contributed by atoms with Crippen molar-refractivity contribution in [3.8, 4) is 0 Å². The van der Waals surface area contributed by atoms with E-state index in [0.717, 1.165) is 49.1 Å². The Morgan fingerprint density at radius 2 is 2.00 bits per heavy atom. The molecule has 1 aliphatic rings. The van der Waals surface area contributed by atoms with Crippen LogP contribution in [0.1, 0.15) is 65.1 Å². The van der Waals surface area contributed by atoms with Gasteiger partial charge in [0.1, 0.15) is 11.4 Å². The van der Waals surface area contributed by atoms with Crippen LogP contribution in [-0.2, 0) is 9.47 Å². The molecule has 0 spiro atoms. The number of ether oxygens (including phenoxy) is 2. The highest BCUT2D eigenvalue weighted by molar-refractivity contribution is 5.87. The molecule has 1 heterocycles. The van der Waals surface area contributed by atoms with Gasteiger partial charge in [0, 0.05) is 12.5 Å². The van der Waals surface area contributed by atoms with E-state index in [1.54, 1.807) is 4.57 Å². The topological polar surface area (TPSA) is 53.4 Å². The van der Waals surface area contributed by atoms with Gasteiger partial charge in [0.2, 0.25) is 0 Å². The summed E-state index contributed by atoms with van der Waals surface area (Å²) in [5.41, 5.74) is 1.10. The van der Waals surface area contributed by atoms with Crippen LogP contribution in [0.25, 0.3) is 11.0 Å². The third kappa shape index (κ3) is 4.03. The monoisotopic (exact) mass is 344 g/mol. The minimum atomic E-state index is -0.537. The zero-order chi connectivity index (χ0) is 18.0. The van der Waals surface area contributed by atoms with E-state index in [-0.39, 0.29) is 18.1 Å². The Kier molecular flexibility index (Phi) is 5.13. The molecule has 25 heavy (non-hydrogen) atoms. The molecule has 0 N–H and O–H groups in total. The number of rotatable bonds is 5. The quantitative estimate of drug-likeness (QED) is 0.725. The molecule has 0 atom stereocenters. The Bertz CT molecular complexity index is 739. The summed E-state index contributed by atoms with van der Waals surface area (Å²) in [4.78, 5) is 17.5. The van der Waals surface area contributed by atoms with Gasteiger partial charge in [-0.25, -0.2) is 14.3 Å². The second kappa shape index (κ2) is 7.16. The van der Waals surface area contributed by atoms with Gasteiger partial charge in [0.25, 0.3) is 0 Å². The molecule has 1 aliphatic carbocycles. The standard InChI is InChI=1S/C20H28N2O3/c1-5-6-11-24-15-12-14(13-15)18-21-16-9-7-8-10-17(16)22(18)19(23)25-20(2,3)4/h7-10,14-15H,5-6,11-13H2,1-4H3/t14-,15-. The van der Waals surface area contributed by atoms with E-state index in [1.807, 2.05) is 45.0 Å². The maximum Gasteiger partial charge on any atom is 0.420 e. The third-order valence-electron chi connectivity index (χ3n) is 4.47. The zero-order valence-electron chi connectivity index (χ0n) is 15.6. The van der Waals surface area contributed by atoms with Crippen LogP contribution in [0.15, 0.2) is 24.3 Å². The van der Waals surface area contributed by atoms with Gasteiger partial charge in [-0.3, -0.25) is 0 Å². The summed E-state index contributed by atoms with van der Waals surface area (Å²) in [5, 5.41) is 0. The smallest absolute Gasteiger partial charge is 0.420 e. The first-order valence-electron chi connectivity index (χ1n) is 9.21. The minimum Gasteiger partial charge on any atom is -0.443 e. The minimum absolute atomic E-state index is 0.242. The highest BCUT2D eigenvalue weighted by Gasteiger charge is 2.36. The van der Waals surface area contributed by atoms with E-state index in [2.05, 4.69) is 6.92 Å². The fourth-order valence-electron chi connectivity index (χ4n) is 3.12. The molecule has 5 nitrogen and oxygen atoms in total. The molecule has 0 unspecified atom stereocenters. The predicted molar refractivity (Wildman–Crippen MR) is 98.0 cm³/mol. The summed E-state index contributed by atoms with van der Waals surface area (Å²) < 4.78 is 13.1. The summed E-state index contributed by atoms with van der Waals surface area (Å²) in [6.45, 7) is 8.62. The van der Waals surface area contributed by atoms with Crippen molar-refractivity contribution in [3.05, 3.63) is 30.1 Å². The number of benzene rings is 1. The van der Waals surface area contributed by atoms with Crippen molar-refractivity contribution < 1.29 is 14.3 Å². The molecular formula is C20H28N2O3. The SMILES string of the molecule is CCCCO[C@H]1C[C@H](c2nc3ccccc3n2C(=O)OC(C)(C)C)C1. The van der Waals surface area contributed by atoms with Crippen LogP contribution in [-0.4, -0.2) is 34.0 Å². The van der Waals surface area contributed by atoms with Gasteiger partial charge in [-0.2, -0.15) is 0 Å². The summed E-state index contributed by atoms with van der Waals surface area (Å²) in [6, 6.07) is 7.72.